The Kier molecular flexibility index (Phi) is 2.71. The number of fused-ring (bicyclic) bond motifs is 1. The van der Waals surface area contributed by atoms with Crippen molar-refractivity contribution in [2.75, 3.05) is 6.79 Å². The van der Waals surface area contributed by atoms with Crippen LogP contribution in [0.1, 0.15) is 12.5 Å². The van der Waals surface area contributed by atoms with Gasteiger partial charge >= 0.3 is 0 Å². The van der Waals surface area contributed by atoms with E-state index in [1.54, 1.807) is 18.2 Å². The highest BCUT2D eigenvalue weighted by Gasteiger charge is 2.30. The van der Waals surface area contributed by atoms with Crippen molar-refractivity contribution in [3.05, 3.63) is 23.8 Å². The zero-order chi connectivity index (χ0) is 11.8. The van der Waals surface area contributed by atoms with Crippen LogP contribution in [-0.4, -0.2) is 18.8 Å². The lowest BCUT2D eigenvalue weighted by Crippen LogP contribution is -2.45. The summed E-state index contributed by atoms with van der Waals surface area (Å²) in [6, 6.07) is 5.12. The number of nitrogens with two attached hydrogens (primary N) is 1. The number of hydrogen-bond acceptors (Lipinski definition) is 3. The fourth-order valence-electron chi connectivity index (χ4n) is 1.57. The van der Waals surface area contributed by atoms with Crippen molar-refractivity contribution in [1.29, 1.82) is 0 Å². The lowest BCUT2D eigenvalue weighted by atomic mass is 9.94. The fourth-order valence-corrected chi connectivity index (χ4v) is 1.57. The molecule has 0 aliphatic carbocycles. The fraction of sp³-hybridized carbons (Fsp3) is 0.455. The van der Waals surface area contributed by atoms with Gasteiger partial charge in [-0.25, -0.2) is 8.78 Å². The summed E-state index contributed by atoms with van der Waals surface area (Å²) in [5, 5.41) is 0. The average Bonchev–Trinajstić information content (AvgIpc) is 2.63. The van der Waals surface area contributed by atoms with E-state index in [1.807, 2.05) is 0 Å². The van der Waals surface area contributed by atoms with Crippen LogP contribution >= 0.6 is 0 Å². The molecule has 1 aromatic rings. The van der Waals surface area contributed by atoms with Gasteiger partial charge in [0.25, 0.3) is 6.43 Å². The lowest BCUT2D eigenvalue weighted by Gasteiger charge is -2.23. The Morgan fingerprint density at radius 1 is 1.38 bits per heavy atom. The van der Waals surface area contributed by atoms with Gasteiger partial charge in [0.05, 0.1) is 5.54 Å². The van der Waals surface area contributed by atoms with E-state index >= 15 is 0 Å². The Hall–Kier alpha value is -1.36. The summed E-state index contributed by atoms with van der Waals surface area (Å²) in [7, 11) is 0. The van der Waals surface area contributed by atoms with Crippen molar-refractivity contribution in [3.8, 4) is 11.5 Å². The molecule has 0 bridgehead atoms. The smallest absolute Gasteiger partial charge is 0.256 e. The third-order valence-electron chi connectivity index (χ3n) is 2.52. The van der Waals surface area contributed by atoms with E-state index in [-0.39, 0.29) is 13.2 Å². The number of benzene rings is 1. The molecule has 16 heavy (non-hydrogen) atoms. The molecule has 1 aliphatic heterocycles. The molecular weight excluding hydrogens is 216 g/mol. The van der Waals surface area contributed by atoms with Crippen LogP contribution in [0.25, 0.3) is 0 Å². The number of hydrogen-bond donors (Lipinski definition) is 1. The van der Waals surface area contributed by atoms with Crippen LogP contribution in [0.5, 0.6) is 11.5 Å². The predicted octanol–water partition coefficient (Wildman–Crippen LogP) is 1.94. The van der Waals surface area contributed by atoms with Gasteiger partial charge in [-0.2, -0.15) is 0 Å². The number of rotatable bonds is 3. The first-order valence-electron chi connectivity index (χ1n) is 4.94. The van der Waals surface area contributed by atoms with Gasteiger partial charge in [-0.05, 0) is 31.0 Å². The number of halogens is 2. The molecule has 0 saturated heterocycles. The maximum absolute atomic E-state index is 12.6. The van der Waals surface area contributed by atoms with E-state index < -0.39 is 12.0 Å². The first kappa shape index (κ1) is 11.1. The Morgan fingerprint density at radius 2 is 2.06 bits per heavy atom. The van der Waals surface area contributed by atoms with Crippen molar-refractivity contribution in [3.63, 3.8) is 0 Å². The van der Waals surface area contributed by atoms with Crippen molar-refractivity contribution >= 4 is 0 Å². The molecule has 5 heteroatoms. The normalized spacial score (nSPS) is 17.6. The molecule has 1 unspecified atom stereocenters. The molecule has 0 aromatic heterocycles. The van der Waals surface area contributed by atoms with Gasteiger partial charge in [-0.1, -0.05) is 6.07 Å². The number of ether oxygens (including phenoxy) is 2. The molecule has 2 N–H and O–H groups in total. The highest BCUT2D eigenvalue weighted by molar-refractivity contribution is 5.44. The Morgan fingerprint density at radius 3 is 2.75 bits per heavy atom. The van der Waals surface area contributed by atoms with Crippen LogP contribution in [0, 0.1) is 0 Å². The molecule has 3 nitrogen and oxygen atoms in total. The molecule has 1 atom stereocenters. The first-order valence-corrected chi connectivity index (χ1v) is 4.94. The van der Waals surface area contributed by atoms with E-state index in [0.29, 0.717) is 11.5 Å². The van der Waals surface area contributed by atoms with Gasteiger partial charge < -0.3 is 15.2 Å². The van der Waals surface area contributed by atoms with Crippen LogP contribution < -0.4 is 15.2 Å². The van der Waals surface area contributed by atoms with Gasteiger partial charge in [0.2, 0.25) is 6.79 Å². The predicted molar refractivity (Wildman–Crippen MR) is 54.9 cm³/mol. The minimum atomic E-state index is -2.56. The van der Waals surface area contributed by atoms with Gasteiger partial charge in [0.1, 0.15) is 0 Å². The standard InChI is InChI=1S/C11H13F2NO2/c1-11(14,10(12)13)5-7-2-3-8-9(4-7)16-6-15-8/h2-4,10H,5-6,14H2,1H3. The van der Waals surface area contributed by atoms with Gasteiger partial charge in [-0.15, -0.1) is 0 Å². The second-order valence-corrected chi connectivity index (χ2v) is 4.17. The molecular formula is C11H13F2NO2. The SMILES string of the molecule is CC(N)(Cc1ccc2c(c1)OCO2)C(F)F. The van der Waals surface area contributed by atoms with Crippen LogP contribution in [0.4, 0.5) is 8.78 Å². The molecule has 1 heterocycles. The summed E-state index contributed by atoms with van der Waals surface area (Å²) in [6.07, 6.45) is -2.46. The van der Waals surface area contributed by atoms with E-state index in [0.717, 1.165) is 5.56 Å². The van der Waals surface area contributed by atoms with Crippen LogP contribution in [-0.2, 0) is 6.42 Å². The maximum Gasteiger partial charge on any atom is 0.256 e. The molecule has 0 saturated carbocycles. The minimum absolute atomic E-state index is 0.0985. The summed E-state index contributed by atoms with van der Waals surface area (Å²) in [6.45, 7) is 1.51. The van der Waals surface area contributed by atoms with Gasteiger partial charge in [0.15, 0.2) is 11.5 Å². The molecule has 0 amide bonds. The van der Waals surface area contributed by atoms with Gasteiger partial charge in [-0.3, -0.25) is 0 Å². The number of alkyl halides is 2. The zero-order valence-electron chi connectivity index (χ0n) is 8.87. The lowest BCUT2D eigenvalue weighted by molar-refractivity contribution is 0.0639. The van der Waals surface area contributed by atoms with E-state index in [4.69, 9.17) is 15.2 Å². The highest BCUT2D eigenvalue weighted by Crippen LogP contribution is 2.33. The third kappa shape index (κ3) is 2.09. The van der Waals surface area contributed by atoms with Crippen LogP contribution in [0.3, 0.4) is 0 Å². The first-order chi connectivity index (χ1) is 7.49. The average molecular weight is 229 g/mol. The largest absolute Gasteiger partial charge is 0.454 e. The molecule has 0 fully saturated rings. The van der Waals surface area contributed by atoms with Crippen LogP contribution in [0.2, 0.25) is 0 Å². The summed E-state index contributed by atoms with van der Waals surface area (Å²) < 4.78 is 35.5. The molecule has 88 valence electrons. The summed E-state index contributed by atoms with van der Waals surface area (Å²) in [5.41, 5.74) is 4.71. The second kappa shape index (κ2) is 3.90. The van der Waals surface area contributed by atoms with Crippen LogP contribution in [0.15, 0.2) is 18.2 Å². The highest BCUT2D eigenvalue weighted by atomic mass is 19.3. The monoisotopic (exact) mass is 229 g/mol. The van der Waals surface area contributed by atoms with E-state index in [2.05, 4.69) is 0 Å². The molecule has 0 spiro atoms. The van der Waals surface area contributed by atoms with Crippen molar-refractivity contribution in [2.24, 2.45) is 5.73 Å². The summed E-state index contributed by atoms with van der Waals surface area (Å²) in [5.74, 6) is 1.22. The quantitative estimate of drug-likeness (QED) is 0.861. The van der Waals surface area contributed by atoms with E-state index in [1.165, 1.54) is 6.92 Å². The molecule has 0 radical (unpaired) electrons. The molecule has 1 aromatic carbocycles. The minimum Gasteiger partial charge on any atom is -0.454 e. The van der Waals surface area contributed by atoms with Crippen molar-refractivity contribution in [2.45, 2.75) is 25.3 Å². The zero-order valence-corrected chi connectivity index (χ0v) is 8.87. The van der Waals surface area contributed by atoms with Gasteiger partial charge in [0, 0.05) is 0 Å². The topological polar surface area (TPSA) is 44.5 Å². The summed E-state index contributed by atoms with van der Waals surface area (Å²) >= 11 is 0. The third-order valence-corrected chi connectivity index (χ3v) is 2.52. The summed E-state index contributed by atoms with van der Waals surface area (Å²) in [4.78, 5) is 0. The molecule has 2 rings (SSSR count). The van der Waals surface area contributed by atoms with E-state index in [9.17, 15) is 8.78 Å². The Balaban J connectivity index is 2.17. The van der Waals surface area contributed by atoms with Crippen molar-refractivity contribution in [1.82, 2.24) is 0 Å². The molecule has 1 aliphatic rings. The maximum atomic E-state index is 12.6. The Labute approximate surface area is 92.1 Å². The van der Waals surface area contributed by atoms with Crippen molar-refractivity contribution < 1.29 is 18.3 Å². The second-order valence-electron chi connectivity index (χ2n) is 4.17. The Bertz CT molecular complexity index is 394.